The maximum absolute atomic E-state index is 12.1. The van der Waals surface area contributed by atoms with E-state index in [9.17, 15) is 9.59 Å². The molecule has 1 aliphatic carbocycles. The lowest BCUT2D eigenvalue weighted by Crippen LogP contribution is -2.39. The normalized spacial score (nSPS) is 25.1. The summed E-state index contributed by atoms with van der Waals surface area (Å²) in [7, 11) is 0. The van der Waals surface area contributed by atoms with Crippen molar-refractivity contribution in [3.8, 4) is 0 Å². The van der Waals surface area contributed by atoms with E-state index < -0.39 is 5.97 Å². The first-order valence-corrected chi connectivity index (χ1v) is 6.17. The Bertz CT molecular complexity index is 471. The monoisotopic (exact) mass is 249 g/mol. The number of likely N-dealkylation sites (tertiary alicyclic amines) is 1. The fourth-order valence-corrected chi connectivity index (χ4v) is 2.97. The number of rotatable bonds is 2. The van der Waals surface area contributed by atoms with E-state index in [0.29, 0.717) is 18.7 Å². The van der Waals surface area contributed by atoms with Gasteiger partial charge in [0.15, 0.2) is 0 Å². The summed E-state index contributed by atoms with van der Waals surface area (Å²) in [4.78, 5) is 24.8. The van der Waals surface area contributed by atoms with Crippen molar-refractivity contribution in [2.24, 2.45) is 11.3 Å². The Balaban J connectivity index is 1.61. The standard InChI is InChI=1S/C13H15NO4/c15-11(9-1-6-18-8-9)14-4-2-13(3-5-14)7-10(13)12(16)17/h1,6,8,10H,2-5,7H2,(H,16,17). The van der Waals surface area contributed by atoms with Crippen LogP contribution < -0.4 is 0 Å². The summed E-state index contributed by atoms with van der Waals surface area (Å²) in [6, 6.07) is 1.66. The van der Waals surface area contributed by atoms with Gasteiger partial charge in [-0.3, -0.25) is 9.59 Å². The lowest BCUT2D eigenvalue weighted by atomic mass is 9.90. The van der Waals surface area contributed by atoms with Crippen LogP contribution in [-0.2, 0) is 4.79 Å². The highest BCUT2D eigenvalue weighted by molar-refractivity contribution is 5.93. The van der Waals surface area contributed by atoms with E-state index in [2.05, 4.69) is 0 Å². The lowest BCUT2D eigenvalue weighted by Gasteiger charge is -2.32. The maximum atomic E-state index is 12.1. The Labute approximate surface area is 104 Å². The quantitative estimate of drug-likeness (QED) is 0.864. The smallest absolute Gasteiger partial charge is 0.307 e. The molecule has 2 aliphatic rings. The van der Waals surface area contributed by atoms with Crippen LogP contribution in [0.5, 0.6) is 0 Å². The minimum atomic E-state index is -0.690. The first-order valence-electron chi connectivity index (χ1n) is 6.17. The summed E-state index contributed by atoms with van der Waals surface area (Å²) < 4.78 is 4.90. The molecule has 1 saturated heterocycles. The van der Waals surface area contributed by atoms with Gasteiger partial charge in [0.05, 0.1) is 17.7 Å². The van der Waals surface area contributed by atoms with Gasteiger partial charge in [-0.2, -0.15) is 0 Å². The van der Waals surface area contributed by atoms with Gasteiger partial charge in [0.2, 0.25) is 0 Å². The first kappa shape index (κ1) is 11.3. The van der Waals surface area contributed by atoms with Crippen LogP contribution in [-0.4, -0.2) is 35.0 Å². The molecule has 1 amide bonds. The Kier molecular flexibility index (Phi) is 2.43. The summed E-state index contributed by atoms with van der Waals surface area (Å²) in [5.41, 5.74) is 0.537. The van der Waals surface area contributed by atoms with Crippen molar-refractivity contribution in [1.82, 2.24) is 4.90 Å². The van der Waals surface area contributed by atoms with E-state index in [4.69, 9.17) is 9.52 Å². The predicted octanol–water partition coefficient (Wildman–Crippen LogP) is 1.61. The summed E-state index contributed by atoms with van der Waals surface area (Å²) in [6.07, 6.45) is 5.31. The number of piperidine rings is 1. The van der Waals surface area contributed by atoms with Crippen LogP contribution in [0.4, 0.5) is 0 Å². The van der Waals surface area contributed by atoms with Crippen molar-refractivity contribution >= 4 is 11.9 Å². The molecule has 1 N–H and O–H groups in total. The molecule has 5 nitrogen and oxygen atoms in total. The third kappa shape index (κ3) is 1.70. The van der Waals surface area contributed by atoms with Gasteiger partial charge in [0.25, 0.3) is 5.91 Å². The van der Waals surface area contributed by atoms with Crippen LogP contribution in [0.25, 0.3) is 0 Å². The maximum Gasteiger partial charge on any atom is 0.307 e. The lowest BCUT2D eigenvalue weighted by molar-refractivity contribution is -0.139. The van der Waals surface area contributed by atoms with Crippen LogP contribution in [0, 0.1) is 11.3 Å². The topological polar surface area (TPSA) is 70.8 Å². The van der Waals surface area contributed by atoms with Crippen molar-refractivity contribution in [2.75, 3.05) is 13.1 Å². The zero-order valence-corrected chi connectivity index (χ0v) is 9.96. The van der Waals surface area contributed by atoms with E-state index in [1.54, 1.807) is 11.0 Å². The van der Waals surface area contributed by atoms with Crippen LogP contribution in [0.2, 0.25) is 0 Å². The number of carbonyl (C=O) groups is 2. The van der Waals surface area contributed by atoms with E-state index in [-0.39, 0.29) is 17.2 Å². The highest BCUT2D eigenvalue weighted by Crippen LogP contribution is 2.59. The molecule has 18 heavy (non-hydrogen) atoms. The SMILES string of the molecule is O=C(O)C1CC12CCN(C(=O)c1ccoc1)CC2. The largest absolute Gasteiger partial charge is 0.481 e. The summed E-state index contributed by atoms with van der Waals surface area (Å²) in [5, 5.41) is 9.00. The Morgan fingerprint density at radius 1 is 1.39 bits per heavy atom. The number of nitrogens with zero attached hydrogens (tertiary/aromatic N) is 1. The molecule has 5 heteroatoms. The van der Waals surface area contributed by atoms with Gasteiger partial charge in [-0.05, 0) is 30.7 Å². The van der Waals surface area contributed by atoms with Gasteiger partial charge in [-0.15, -0.1) is 0 Å². The van der Waals surface area contributed by atoms with Crippen molar-refractivity contribution < 1.29 is 19.1 Å². The number of carbonyl (C=O) groups excluding carboxylic acids is 1. The summed E-state index contributed by atoms with van der Waals surface area (Å²) in [6.45, 7) is 1.29. The van der Waals surface area contributed by atoms with Gasteiger partial charge in [0.1, 0.15) is 6.26 Å². The fourth-order valence-electron chi connectivity index (χ4n) is 2.97. The number of aliphatic carboxylic acids is 1. The number of carboxylic acid groups (broad SMARTS) is 1. The second-order valence-corrected chi connectivity index (χ2v) is 5.26. The zero-order valence-electron chi connectivity index (χ0n) is 9.96. The van der Waals surface area contributed by atoms with Crippen molar-refractivity contribution in [3.63, 3.8) is 0 Å². The number of hydrogen-bond acceptors (Lipinski definition) is 3. The molecule has 1 spiro atoms. The number of amides is 1. The molecule has 1 aromatic rings. The van der Waals surface area contributed by atoms with Crippen molar-refractivity contribution in [2.45, 2.75) is 19.3 Å². The van der Waals surface area contributed by atoms with E-state index in [0.717, 1.165) is 19.3 Å². The molecular weight excluding hydrogens is 234 g/mol. The molecule has 3 rings (SSSR count). The van der Waals surface area contributed by atoms with E-state index >= 15 is 0 Å². The van der Waals surface area contributed by atoms with E-state index in [1.165, 1.54) is 12.5 Å². The molecule has 96 valence electrons. The van der Waals surface area contributed by atoms with Gasteiger partial charge >= 0.3 is 5.97 Å². The predicted molar refractivity (Wildman–Crippen MR) is 62.0 cm³/mol. The van der Waals surface area contributed by atoms with Gasteiger partial charge in [-0.25, -0.2) is 0 Å². The van der Waals surface area contributed by atoms with Crippen LogP contribution >= 0.6 is 0 Å². The van der Waals surface area contributed by atoms with Gasteiger partial charge in [0, 0.05) is 13.1 Å². The molecule has 1 atom stereocenters. The average Bonchev–Trinajstić information content (AvgIpc) is 2.84. The third-order valence-electron chi connectivity index (χ3n) is 4.30. The number of carboxylic acids is 1. The van der Waals surface area contributed by atoms with Crippen LogP contribution in [0.3, 0.4) is 0 Å². The second-order valence-electron chi connectivity index (χ2n) is 5.26. The second kappa shape index (κ2) is 3.86. The molecule has 1 saturated carbocycles. The Hall–Kier alpha value is -1.78. The molecule has 0 radical (unpaired) electrons. The minimum Gasteiger partial charge on any atom is -0.481 e. The molecule has 0 aromatic carbocycles. The average molecular weight is 249 g/mol. The molecular formula is C13H15NO4. The van der Waals surface area contributed by atoms with Gasteiger partial charge < -0.3 is 14.4 Å². The highest BCUT2D eigenvalue weighted by atomic mass is 16.4. The Morgan fingerprint density at radius 2 is 2.11 bits per heavy atom. The zero-order chi connectivity index (χ0) is 12.8. The molecule has 2 fully saturated rings. The highest BCUT2D eigenvalue weighted by Gasteiger charge is 2.59. The molecule has 1 aliphatic heterocycles. The van der Waals surface area contributed by atoms with E-state index in [1.807, 2.05) is 0 Å². The van der Waals surface area contributed by atoms with Crippen molar-refractivity contribution in [1.29, 1.82) is 0 Å². The summed E-state index contributed by atoms with van der Waals surface area (Å²) in [5.74, 6) is -0.903. The van der Waals surface area contributed by atoms with Crippen molar-refractivity contribution in [3.05, 3.63) is 24.2 Å². The first-order chi connectivity index (χ1) is 8.62. The molecule has 1 aromatic heterocycles. The number of hydrogen-bond donors (Lipinski definition) is 1. The van der Waals surface area contributed by atoms with Gasteiger partial charge in [-0.1, -0.05) is 0 Å². The van der Waals surface area contributed by atoms with Crippen LogP contribution in [0.15, 0.2) is 23.0 Å². The summed E-state index contributed by atoms with van der Waals surface area (Å²) >= 11 is 0. The fraction of sp³-hybridized carbons (Fsp3) is 0.538. The third-order valence-corrected chi connectivity index (χ3v) is 4.30. The minimum absolute atomic E-state index is 0.0221. The molecule has 2 heterocycles. The number of furan rings is 1. The van der Waals surface area contributed by atoms with Crippen LogP contribution in [0.1, 0.15) is 29.6 Å². The molecule has 1 unspecified atom stereocenters. The Morgan fingerprint density at radius 3 is 2.61 bits per heavy atom. The molecule has 0 bridgehead atoms.